The lowest BCUT2D eigenvalue weighted by molar-refractivity contribution is -0.384. The second-order valence-corrected chi connectivity index (χ2v) is 4.13. The molecule has 0 aliphatic heterocycles. The topological polar surface area (TPSA) is 105 Å². The van der Waals surface area contributed by atoms with Crippen molar-refractivity contribution in [3.8, 4) is 6.07 Å². The predicted molar refractivity (Wildman–Crippen MR) is 72.1 cm³/mol. The number of hydrogen-bond donors (Lipinski definition) is 1. The number of hydrogen-bond acceptors (Lipinski definition) is 6. The summed E-state index contributed by atoms with van der Waals surface area (Å²) in [6, 6.07) is 5.12. The van der Waals surface area contributed by atoms with Crippen molar-refractivity contribution in [3.05, 3.63) is 33.9 Å². The lowest BCUT2D eigenvalue weighted by Crippen LogP contribution is -2.28. The van der Waals surface area contributed by atoms with Gasteiger partial charge in [0, 0.05) is 6.07 Å². The average Bonchev–Trinajstić information content (AvgIpc) is 2.44. The van der Waals surface area contributed by atoms with Crippen LogP contribution < -0.4 is 5.32 Å². The molecule has 1 aromatic carbocycles. The van der Waals surface area contributed by atoms with Crippen LogP contribution >= 0.6 is 0 Å². The number of ether oxygens (including phenoxy) is 1. The lowest BCUT2D eigenvalue weighted by atomic mass is 10.1. The van der Waals surface area contributed by atoms with E-state index in [9.17, 15) is 14.9 Å². The van der Waals surface area contributed by atoms with E-state index in [0.717, 1.165) is 6.07 Å². The van der Waals surface area contributed by atoms with Crippen LogP contribution in [0.2, 0.25) is 0 Å². The van der Waals surface area contributed by atoms with Gasteiger partial charge in [-0.1, -0.05) is 6.92 Å². The smallest absolute Gasteiger partial charge is 0.328 e. The van der Waals surface area contributed by atoms with E-state index in [4.69, 9.17) is 10.00 Å². The number of anilines is 1. The SMILES string of the molecule is CCCOC(=O)C(C)Nc1ccc(C#N)cc1[N+](=O)[O-]. The van der Waals surface area contributed by atoms with E-state index < -0.39 is 16.9 Å². The number of esters is 1. The number of nitro benzene ring substituents is 1. The Labute approximate surface area is 116 Å². The average molecular weight is 277 g/mol. The summed E-state index contributed by atoms with van der Waals surface area (Å²) in [5.41, 5.74) is 0.109. The second-order valence-electron chi connectivity index (χ2n) is 4.13. The molecule has 1 N–H and O–H groups in total. The zero-order valence-corrected chi connectivity index (χ0v) is 11.3. The highest BCUT2D eigenvalue weighted by molar-refractivity contribution is 5.80. The van der Waals surface area contributed by atoms with E-state index >= 15 is 0 Å². The Morgan fingerprint density at radius 1 is 1.60 bits per heavy atom. The number of nitrogens with one attached hydrogen (secondary N) is 1. The minimum atomic E-state index is -0.715. The number of rotatable bonds is 6. The van der Waals surface area contributed by atoms with Crippen molar-refractivity contribution < 1.29 is 14.5 Å². The molecule has 1 unspecified atom stereocenters. The second kappa shape index (κ2) is 7.09. The highest BCUT2D eigenvalue weighted by Gasteiger charge is 2.20. The minimum Gasteiger partial charge on any atom is -0.464 e. The largest absolute Gasteiger partial charge is 0.464 e. The van der Waals surface area contributed by atoms with Crippen LogP contribution in [0.5, 0.6) is 0 Å². The fraction of sp³-hybridized carbons (Fsp3) is 0.385. The van der Waals surface area contributed by atoms with Crippen molar-refractivity contribution in [1.29, 1.82) is 5.26 Å². The number of nitrogens with zero attached hydrogens (tertiary/aromatic N) is 2. The minimum absolute atomic E-state index is 0.176. The van der Waals surface area contributed by atoms with E-state index in [0.29, 0.717) is 13.0 Å². The molecular weight excluding hydrogens is 262 g/mol. The molecule has 1 rings (SSSR count). The van der Waals surface area contributed by atoms with Crippen molar-refractivity contribution in [1.82, 2.24) is 0 Å². The van der Waals surface area contributed by atoms with Gasteiger partial charge in [-0.3, -0.25) is 10.1 Å². The van der Waals surface area contributed by atoms with E-state index in [1.165, 1.54) is 12.1 Å². The predicted octanol–water partition coefficient (Wildman–Crippen LogP) is 2.22. The Bertz CT molecular complexity index is 551. The van der Waals surface area contributed by atoms with Gasteiger partial charge in [-0.05, 0) is 25.5 Å². The summed E-state index contributed by atoms with van der Waals surface area (Å²) in [5.74, 6) is -0.481. The van der Waals surface area contributed by atoms with Crippen LogP contribution in [0.3, 0.4) is 0 Å². The van der Waals surface area contributed by atoms with Crippen LogP contribution in [0.4, 0.5) is 11.4 Å². The summed E-state index contributed by atoms with van der Waals surface area (Å²) in [6.07, 6.45) is 0.704. The monoisotopic (exact) mass is 277 g/mol. The fourth-order valence-corrected chi connectivity index (χ4v) is 1.49. The van der Waals surface area contributed by atoms with Crippen molar-refractivity contribution in [3.63, 3.8) is 0 Å². The fourth-order valence-electron chi connectivity index (χ4n) is 1.49. The van der Waals surface area contributed by atoms with Gasteiger partial charge in [0.25, 0.3) is 5.69 Å². The number of carbonyl (C=O) groups is 1. The maximum absolute atomic E-state index is 11.6. The zero-order valence-electron chi connectivity index (χ0n) is 11.3. The van der Waals surface area contributed by atoms with Gasteiger partial charge in [0.15, 0.2) is 0 Å². The number of nitro groups is 1. The molecule has 106 valence electrons. The molecule has 20 heavy (non-hydrogen) atoms. The number of nitriles is 1. The van der Waals surface area contributed by atoms with Crippen LogP contribution in [0.25, 0.3) is 0 Å². The maximum atomic E-state index is 11.6. The van der Waals surface area contributed by atoms with Crippen molar-refractivity contribution in [2.45, 2.75) is 26.3 Å². The summed E-state index contributed by atoms with van der Waals surface area (Å²) in [6.45, 7) is 3.73. The molecular formula is C13H15N3O4. The Morgan fingerprint density at radius 3 is 2.85 bits per heavy atom. The molecule has 1 aromatic rings. The molecule has 0 radical (unpaired) electrons. The number of benzene rings is 1. The van der Waals surface area contributed by atoms with Gasteiger partial charge in [-0.15, -0.1) is 0 Å². The van der Waals surface area contributed by atoms with E-state index in [1.807, 2.05) is 13.0 Å². The normalized spacial score (nSPS) is 11.2. The summed E-state index contributed by atoms with van der Waals surface area (Å²) in [4.78, 5) is 22.0. The summed E-state index contributed by atoms with van der Waals surface area (Å²) in [7, 11) is 0. The van der Waals surface area contributed by atoms with Crippen LogP contribution in [0.1, 0.15) is 25.8 Å². The third-order valence-electron chi connectivity index (χ3n) is 2.50. The van der Waals surface area contributed by atoms with E-state index in [-0.39, 0.29) is 16.9 Å². The van der Waals surface area contributed by atoms with Gasteiger partial charge >= 0.3 is 5.97 Å². The molecule has 0 amide bonds. The quantitative estimate of drug-likeness (QED) is 0.485. The molecule has 0 fully saturated rings. The van der Waals surface area contributed by atoms with E-state index in [2.05, 4.69) is 5.32 Å². The molecule has 0 bridgehead atoms. The van der Waals surface area contributed by atoms with Crippen LogP contribution in [0.15, 0.2) is 18.2 Å². The van der Waals surface area contributed by atoms with E-state index in [1.54, 1.807) is 6.92 Å². The van der Waals surface area contributed by atoms with Crippen LogP contribution in [-0.2, 0) is 9.53 Å². The molecule has 0 aromatic heterocycles. The summed E-state index contributed by atoms with van der Waals surface area (Å²) >= 11 is 0. The summed E-state index contributed by atoms with van der Waals surface area (Å²) in [5, 5.41) is 22.4. The molecule has 7 nitrogen and oxygen atoms in total. The zero-order chi connectivity index (χ0) is 15.1. The highest BCUT2D eigenvalue weighted by Crippen LogP contribution is 2.26. The standard InChI is InChI=1S/C13H15N3O4/c1-3-6-20-13(17)9(2)15-11-5-4-10(8-14)7-12(11)16(18)19/h4-5,7,9,15H,3,6H2,1-2H3. The third-order valence-corrected chi connectivity index (χ3v) is 2.50. The number of carbonyl (C=O) groups excluding carboxylic acids is 1. The molecule has 7 heteroatoms. The molecule has 0 aliphatic rings. The first-order valence-corrected chi connectivity index (χ1v) is 6.11. The van der Waals surface area contributed by atoms with Gasteiger partial charge in [0.2, 0.25) is 0 Å². The Hall–Kier alpha value is -2.62. The first-order valence-electron chi connectivity index (χ1n) is 6.11. The first kappa shape index (κ1) is 15.4. The van der Waals surface area contributed by atoms with Gasteiger partial charge in [0.05, 0.1) is 23.2 Å². The molecule has 0 saturated heterocycles. The van der Waals surface area contributed by atoms with Crippen molar-refractivity contribution >= 4 is 17.3 Å². The molecule has 0 saturated carbocycles. The van der Waals surface area contributed by atoms with Gasteiger partial charge < -0.3 is 10.1 Å². The van der Waals surface area contributed by atoms with Gasteiger partial charge in [-0.25, -0.2) is 4.79 Å². The Kier molecular flexibility index (Phi) is 5.47. The Balaban J connectivity index is 2.89. The van der Waals surface area contributed by atoms with Crippen LogP contribution in [-0.4, -0.2) is 23.5 Å². The highest BCUT2D eigenvalue weighted by atomic mass is 16.6. The van der Waals surface area contributed by atoms with Crippen LogP contribution in [0, 0.1) is 21.4 Å². The molecule has 1 atom stereocenters. The first-order chi connectivity index (χ1) is 9.49. The van der Waals surface area contributed by atoms with Crippen molar-refractivity contribution in [2.24, 2.45) is 0 Å². The van der Waals surface area contributed by atoms with Gasteiger partial charge in [-0.2, -0.15) is 5.26 Å². The molecule has 0 spiro atoms. The Morgan fingerprint density at radius 2 is 2.30 bits per heavy atom. The lowest BCUT2D eigenvalue weighted by Gasteiger charge is -2.14. The maximum Gasteiger partial charge on any atom is 0.328 e. The van der Waals surface area contributed by atoms with Gasteiger partial charge in [0.1, 0.15) is 11.7 Å². The molecule has 0 heterocycles. The molecule has 0 aliphatic carbocycles. The third kappa shape index (κ3) is 3.95. The van der Waals surface area contributed by atoms with Crippen molar-refractivity contribution in [2.75, 3.05) is 11.9 Å². The summed E-state index contributed by atoms with van der Waals surface area (Å²) < 4.78 is 4.95.